The van der Waals surface area contributed by atoms with Gasteiger partial charge in [0.15, 0.2) is 21.7 Å². The predicted molar refractivity (Wildman–Crippen MR) is 130 cm³/mol. The summed E-state index contributed by atoms with van der Waals surface area (Å²) >= 11 is 2.70. The molecule has 0 saturated carbocycles. The van der Waals surface area contributed by atoms with Crippen LogP contribution in [-0.4, -0.2) is 27.0 Å². The molecule has 0 fully saturated rings. The average molecular weight is 471 g/mol. The molecule has 1 N–H and O–H groups in total. The Morgan fingerprint density at radius 3 is 2.79 bits per heavy atom. The fourth-order valence-corrected chi connectivity index (χ4v) is 5.29. The number of hydrogen-bond acceptors (Lipinski definition) is 7. The Morgan fingerprint density at radius 1 is 1.03 bits per heavy atom. The molecule has 2 aromatic heterocycles. The van der Waals surface area contributed by atoms with Crippen molar-refractivity contribution in [2.75, 3.05) is 0 Å². The molecule has 0 spiro atoms. The van der Waals surface area contributed by atoms with E-state index in [2.05, 4.69) is 28.3 Å². The van der Waals surface area contributed by atoms with Crippen LogP contribution in [0.15, 0.2) is 107 Å². The summed E-state index contributed by atoms with van der Waals surface area (Å²) in [5.74, 6) is 0.462. The van der Waals surface area contributed by atoms with Gasteiger partial charge in [-0.15, -0.1) is 0 Å². The van der Waals surface area contributed by atoms with Gasteiger partial charge in [-0.2, -0.15) is 15.1 Å². The minimum Gasteiger partial charge on any atom is -0.462 e. The molecule has 0 unspecified atom stereocenters. The van der Waals surface area contributed by atoms with Crippen LogP contribution in [0.5, 0.6) is 0 Å². The first-order chi connectivity index (χ1) is 16.2. The average Bonchev–Trinajstić information content (AvgIpc) is 3.58. The normalized spacial score (nSPS) is 17.0. The van der Waals surface area contributed by atoms with Crippen molar-refractivity contribution in [3.63, 3.8) is 0 Å². The van der Waals surface area contributed by atoms with Crippen molar-refractivity contribution in [3.05, 3.63) is 90.1 Å². The zero-order valence-corrected chi connectivity index (χ0v) is 18.5. The van der Waals surface area contributed by atoms with Crippen LogP contribution in [0.4, 0.5) is 0 Å². The van der Waals surface area contributed by atoms with Gasteiger partial charge < -0.3 is 8.83 Å². The Labute approximate surface area is 196 Å². The largest absolute Gasteiger partial charge is 0.462 e. The van der Waals surface area contributed by atoms with Gasteiger partial charge in [0.2, 0.25) is 5.17 Å². The number of carbonyl (C=O) groups is 1. The maximum atomic E-state index is 12.6. The molecule has 0 radical (unpaired) electrons. The number of furan rings is 2. The number of nitrogens with zero attached hydrogens (tertiary/aromatic N) is 3. The predicted octanol–water partition coefficient (Wildman–Crippen LogP) is 5.84. The molecule has 1 amide bonds. The zero-order valence-electron chi connectivity index (χ0n) is 16.9. The van der Waals surface area contributed by atoms with Crippen molar-refractivity contribution in [3.8, 4) is 0 Å². The zero-order chi connectivity index (χ0) is 22.4. The van der Waals surface area contributed by atoms with Crippen molar-refractivity contribution < 1.29 is 13.6 Å². The van der Waals surface area contributed by atoms with Crippen LogP contribution < -0.4 is 0 Å². The van der Waals surface area contributed by atoms with Crippen molar-refractivity contribution in [1.29, 1.82) is 5.41 Å². The smallest absolute Gasteiger partial charge is 0.283 e. The molecule has 4 aromatic rings. The molecular weight excluding hydrogens is 456 g/mol. The Bertz CT molecular complexity index is 1510. The first kappa shape index (κ1) is 19.8. The van der Waals surface area contributed by atoms with Crippen LogP contribution >= 0.6 is 23.5 Å². The quantitative estimate of drug-likeness (QED) is 0.376. The van der Waals surface area contributed by atoms with Crippen molar-refractivity contribution in [2.24, 2.45) is 10.1 Å². The van der Waals surface area contributed by atoms with Gasteiger partial charge in [-0.1, -0.05) is 48.2 Å². The summed E-state index contributed by atoms with van der Waals surface area (Å²) in [6.45, 7) is 0. The molecule has 33 heavy (non-hydrogen) atoms. The number of hydrazone groups is 1. The second-order valence-corrected chi connectivity index (χ2v) is 9.14. The van der Waals surface area contributed by atoms with Crippen LogP contribution in [-0.2, 0) is 4.79 Å². The highest BCUT2D eigenvalue weighted by Crippen LogP contribution is 2.35. The van der Waals surface area contributed by atoms with E-state index in [1.165, 1.54) is 34.6 Å². The minimum absolute atomic E-state index is 0.0567. The van der Waals surface area contributed by atoms with Gasteiger partial charge in [0.1, 0.15) is 5.76 Å². The van der Waals surface area contributed by atoms with E-state index in [-0.39, 0.29) is 11.4 Å². The molecule has 2 aromatic carbocycles. The van der Waals surface area contributed by atoms with Gasteiger partial charge in [-0.3, -0.25) is 10.2 Å². The van der Waals surface area contributed by atoms with E-state index >= 15 is 0 Å². The van der Waals surface area contributed by atoms with E-state index in [4.69, 9.17) is 14.2 Å². The highest BCUT2D eigenvalue weighted by molar-refractivity contribution is 8.27. The fourth-order valence-electron chi connectivity index (χ4n) is 3.49. The van der Waals surface area contributed by atoms with E-state index in [0.29, 0.717) is 26.8 Å². The number of fused-ring (bicyclic) bond motifs is 2. The van der Waals surface area contributed by atoms with Crippen LogP contribution in [0.2, 0.25) is 0 Å². The lowest BCUT2D eigenvalue weighted by atomic mass is 10.1. The van der Waals surface area contributed by atoms with E-state index in [9.17, 15) is 4.79 Å². The molecule has 0 aliphatic carbocycles. The summed E-state index contributed by atoms with van der Waals surface area (Å²) < 4.78 is 11.3. The Balaban J connectivity index is 1.27. The highest BCUT2D eigenvalue weighted by atomic mass is 32.2. The van der Waals surface area contributed by atoms with E-state index in [0.717, 1.165) is 15.7 Å². The second-order valence-electron chi connectivity index (χ2n) is 7.14. The summed E-state index contributed by atoms with van der Waals surface area (Å²) in [6, 6.07) is 21.4. The van der Waals surface area contributed by atoms with E-state index < -0.39 is 5.91 Å². The number of nitrogens with one attached hydrogen (secondary N) is 1. The second kappa shape index (κ2) is 7.95. The molecule has 6 rings (SSSR count). The van der Waals surface area contributed by atoms with E-state index in [1.54, 1.807) is 24.5 Å². The van der Waals surface area contributed by atoms with Gasteiger partial charge in [-0.05, 0) is 58.9 Å². The molecule has 7 nitrogen and oxygen atoms in total. The van der Waals surface area contributed by atoms with Crippen LogP contribution in [0.1, 0.15) is 11.5 Å². The minimum atomic E-state index is -0.505. The number of amidine groups is 2. The summed E-state index contributed by atoms with van der Waals surface area (Å²) in [5.41, 5.74) is 0.111. The summed E-state index contributed by atoms with van der Waals surface area (Å²) in [6.07, 6.45) is 3.08. The monoisotopic (exact) mass is 470 g/mol. The molecule has 160 valence electrons. The molecule has 2 aliphatic heterocycles. The summed E-state index contributed by atoms with van der Waals surface area (Å²) in [5, 5.41) is 18.1. The Hall–Kier alpha value is -3.82. The number of aliphatic imine (C=N–C) groups is 1. The molecule has 9 heteroatoms. The van der Waals surface area contributed by atoms with Gasteiger partial charge in [0.05, 0.1) is 11.8 Å². The number of benzene rings is 2. The van der Waals surface area contributed by atoms with Crippen molar-refractivity contribution >= 4 is 62.3 Å². The topological polar surface area (TPSA) is 95.2 Å². The lowest BCUT2D eigenvalue weighted by molar-refractivity contribution is -0.114. The third-order valence-corrected chi connectivity index (χ3v) is 6.95. The van der Waals surface area contributed by atoms with Crippen LogP contribution in [0.3, 0.4) is 0 Å². The first-order valence-corrected chi connectivity index (χ1v) is 11.6. The highest BCUT2D eigenvalue weighted by Gasteiger charge is 2.36. The van der Waals surface area contributed by atoms with Crippen LogP contribution in [0.25, 0.3) is 16.8 Å². The number of rotatable bonds is 4. The fraction of sp³-hybridized carbons (Fsp3) is 0. The van der Waals surface area contributed by atoms with Crippen molar-refractivity contribution in [2.45, 2.75) is 9.99 Å². The Kier molecular flexibility index (Phi) is 4.78. The lowest BCUT2D eigenvalue weighted by Gasteiger charge is -2.19. The molecule has 0 atom stereocenters. The first-order valence-electron chi connectivity index (χ1n) is 9.95. The number of carbonyl (C=O) groups excluding carboxylic acids is 1. The van der Waals surface area contributed by atoms with E-state index in [1.807, 2.05) is 30.3 Å². The molecule has 0 bridgehead atoms. The van der Waals surface area contributed by atoms with Gasteiger partial charge in [0, 0.05) is 4.90 Å². The van der Waals surface area contributed by atoms with Gasteiger partial charge >= 0.3 is 0 Å². The summed E-state index contributed by atoms with van der Waals surface area (Å²) in [4.78, 5) is 17.8. The Morgan fingerprint density at radius 2 is 1.91 bits per heavy atom. The standard InChI is InChI=1S/C24H14N4O3S2/c25-21-17(22(29)26-24-28(21)27-23(33-24)18-8-4-12-30-18)13-15-10-11-20(31-15)32-19-9-3-6-14-5-1-2-7-16(14)19/h1-13,25H/b17-13-,25-21?. The van der Waals surface area contributed by atoms with Crippen molar-refractivity contribution in [1.82, 2.24) is 5.01 Å². The molecule has 4 heterocycles. The maximum absolute atomic E-state index is 12.6. The van der Waals surface area contributed by atoms with Gasteiger partial charge in [-0.25, -0.2) is 0 Å². The SMILES string of the molecule is N=C1/C(=C/c2ccc(Sc3cccc4ccccc34)o2)C(=O)N=C2SC(c3ccco3)=NN12. The van der Waals surface area contributed by atoms with Crippen LogP contribution in [0, 0.1) is 5.41 Å². The third-order valence-electron chi connectivity index (χ3n) is 5.04. The number of thioether (sulfide) groups is 1. The molecular formula is C24H14N4O3S2. The summed E-state index contributed by atoms with van der Waals surface area (Å²) in [7, 11) is 0. The number of hydrogen-bond donors (Lipinski definition) is 1. The maximum Gasteiger partial charge on any atom is 0.283 e. The molecule has 0 saturated heterocycles. The molecule has 2 aliphatic rings. The lowest BCUT2D eigenvalue weighted by Crippen LogP contribution is -2.35. The number of amides is 1. The third kappa shape index (κ3) is 3.61. The van der Waals surface area contributed by atoms with Gasteiger partial charge in [0.25, 0.3) is 5.91 Å².